The Kier molecular flexibility index (Phi) is 4.21. The second kappa shape index (κ2) is 6.49. The number of anilines is 1. The van der Waals surface area contributed by atoms with Crippen molar-refractivity contribution < 1.29 is 4.39 Å². The van der Waals surface area contributed by atoms with Gasteiger partial charge in [0.05, 0.1) is 16.3 Å². The lowest BCUT2D eigenvalue weighted by Gasteiger charge is -2.38. The van der Waals surface area contributed by atoms with Crippen molar-refractivity contribution in [2.45, 2.75) is 13.0 Å². The molecule has 0 spiro atoms. The van der Waals surface area contributed by atoms with Gasteiger partial charge in [0, 0.05) is 31.9 Å². The Morgan fingerprint density at radius 3 is 2.42 bits per heavy atom. The number of hydrogen-bond donors (Lipinski definition) is 0. The number of aromatic nitrogens is 1. The van der Waals surface area contributed by atoms with Crippen LogP contribution in [0.1, 0.15) is 18.0 Å². The first-order chi connectivity index (χ1) is 11.7. The number of nitrogens with zero attached hydrogens (tertiary/aromatic N) is 3. The molecule has 2 heterocycles. The molecule has 1 unspecified atom stereocenters. The zero-order valence-corrected chi connectivity index (χ0v) is 14.5. The van der Waals surface area contributed by atoms with Crippen LogP contribution in [0, 0.1) is 5.82 Å². The second-order valence-electron chi connectivity index (χ2n) is 6.20. The van der Waals surface area contributed by atoms with Crippen molar-refractivity contribution in [3.63, 3.8) is 0 Å². The number of halogens is 1. The summed E-state index contributed by atoms with van der Waals surface area (Å²) < 4.78 is 14.3. The van der Waals surface area contributed by atoms with E-state index in [-0.39, 0.29) is 5.82 Å². The molecular formula is C19H20FN3S. The second-order valence-corrected chi connectivity index (χ2v) is 7.26. The van der Waals surface area contributed by atoms with E-state index in [1.165, 1.54) is 21.8 Å². The van der Waals surface area contributed by atoms with Crippen molar-refractivity contribution >= 4 is 27.2 Å². The van der Waals surface area contributed by atoms with Crippen LogP contribution in [0.3, 0.4) is 0 Å². The van der Waals surface area contributed by atoms with E-state index in [0.717, 1.165) is 37.4 Å². The molecule has 0 N–H and O–H groups in total. The summed E-state index contributed by atoms with van der Waals surface area (Å²) in [6.07, 6.45) is 0. The van der Waals surface area contributed by atoms with E-state index >= 15 is 0 Å². The quantitative estimate of drug-likeness (QED) is 0.707. The standard InChI is InChI=1S/C19H20FN3S/c1-14(19-21-17-4-2-3-5-18(17)24-19)22-10-12-23(13-11-22)16-8-6-15(20)7-9-16/h2-9,14H,10-13H2,1H3. The van der Waals surface area contributed by atoms with Crippen LogP contribution in [0.15, 0.2) is 48.5 Å². The average molecular weight is 341 g/mol. The SMILES string of the molecule is CC(c1nc2ccccc2s1)N1CCN(c2ccc(F)cc2)CC1. The van der Waals surface area contributed by atoms with E-state index in [1.54, 1.807) is 11.3 Å². The van der Waals surface area contributed by atoms with Crippen LogP contribution in [-0.4, -0.2) is 36.1 Å². The molecule has 1 saturated heterocycles. The van der Waals surface area contributed by atoms with Crippen molar-refractivity contribution in [3.8, 4) is 0 Å². The number of hydrogen-bond acceptors (Lipinski definition) is 4. The summed E-state index contributed by atoms with van der Waals surface area (Å²) in [6, 6.07) is 15.4. The summed E-state index contributed by atoms with van der Waals surface area (Å²) in [5.41, 5.74) is 2.19. The third-order valence-electron chi connectivity index (χ3n) is 4.72. The third kappa shape index (κ3) is 3.01. The summed E-state index contributed by atoms with van der Waals surface area (Å²) in [4.78, 5) is 9.60. The van der Waals surface area contributed by atoms with Crippen LogP contribution in [0.5, 0.6) is 0 Å². The maximum absolute atomic E-state index is 13.1. The van der Waals surface area contributed by atoms with Gasteiger partial charge in [-0.1, -0.05) is 12.1 Å². The number of para-hydroxylation sites is 1. The number of benzene rings is 2. The molecule has 1 aliphatic heterocycles. The zero-order valence-electron chi connectivity index (χ0n) is 13.7. The lowest BCUT2D eigenvalue weighted by atomic mass is 10.2. The van der Waals surface area contributed by atoms with Gasteiger partial charge in [-0.2, -0.15) is 0 Å². The smallest absolute Gasteiger partial charge is 0.123 e. The molecule has 124 valence electrons. The summed E-state index contributed by atoms with van der Waals surface area (Å²) in [5, 5.41) is 1.19. The van der Waals surface area contributed by atoms with Crippen LogP contribution in [-0.2, 0) is 0 Å². The minimum atomic E-state index is -0.179. The van der Waals surface area contributed by atoms with Crippen molar-refractivity contribution in [3.05, 3.63) is 59.4 Å². The minimum Gasteiger partial charge on any atom is -0.369 e. The highest BCUT2D eigenvalue weighted by Crippen LogP contribution is 2.30. The van der Waals surface area contributed by atoms with Crippen LogP contribution in [0.4, 0.5) is 10.1 Å². The van der Waals surface area contributed by atoms with Crippen LogP contribution >= 0.6 is 11.3 Å². The first kappa shape index (κ1) is 15.5. The van der Waals surface area contributed by atoms with E-state index < -0.39 is 0 Å². The van der Waals surface area contributed by atoms with E-state index in [9.17, 15) is 4.39 Å². The molecule has 1 aliphatic rings. The van der Waals surface area contributed by atoms with E-state index in [4.69, 9.17) is 4.98 Å². The molecule has 0 radical (unpaired) electrons. The van der Waals surface area contributed by atoms with E-state index in [0.29, 0.717) is 6.04 Å². The lowest BCUT2D eigenvalue weighted by Crippen LogP contribution is -2.47. The predicted molar refractivity (Wildman–Crippen MR) is 98.2 cm³/mol. The summed E-state index contributed by atoms with van der Waals surface area (Å²) >= 11 is 1.79. The maximum Gasteiger partial charge on any atom is 0.123 e. The molecule has 1 fully saturated rings. The third-order valence-corrected chi connectivity index (χ3v) is 5.93. The van der Waals surface area contributed by atoms with E-state index in [1.807, 2.05) is 18.2 Å². The van der Waals surface area contributed by atoms with Crippen molar-refractivity contribution in [2.75, 3.05) is 31.1 Å². The molecule has 3 aromatic rings. The molecule has 0 aliphatic carbocycles. The highest BCUT2D eigenvalue weighted by atomic mass is 32.1. The molecular weight excluding hydrogens is 321 g/mol. The number of piperazine rings is 1. The Morgan fingerprint density at radius 1 is 1.00 bits per heavy atom. The van der Waals surface area contributed by atoms with Crippen LogP contribution in [0.25, 0.3) is 10.2 Å². The van der Waals surface area contributed by atoms with Gasteiger partial charge in [0.15, 0.2) is 0 Å². The van der Waals surface area contributed by atoms with Gasteiger partial charge in [-0.15, -0.1) is 11.3 Å². The first-order valence-corrected chi connectivity index (χ1v) is 9.12. The van der Waals surface area contributed by atoms with E-state index in [2.05, 4.69) is 34.9 Å². The van der Waals surface area contributed by atoms with Crippen molar-refractivity contribution in [2.24, 2.45) is 0 Å². The van der Waals surface area contributed by atoms with Crippen LogP contribution in [0.2, 0.25) is 0 Å². The Bertz CT molecular complexity index is 789. The Hall–Kier alpha value is -1.98. The summed E-state index contributed by atoms with van der Waals surface area (Å²) in [7, 11) is 0. The van der Waals surface area contributed by atoms with Gasteiger partial charge in [-0.3, -0.25) is 4.90 Å². The number of rotatable bonds is 3. The average Bonchev–Trinajstić information content (AvgIpc) is 3.06. The van der Waals surface area contributed by atoms with Gasteiger partial charge in [-0.25, -0.2) is 9.37 Å². The normalized spacial score (nSPS) is 17.3. The lowest BCUT2D eigenvalue weighted by molar-refractivity contribution is 0.198. The topological polar surface area (TPSA) is 19.4 Å². The Balaban J connectivity index is 1.44. The molecule has 1 atom stereocenters. The van der Waals surface area contributed by atoms with Crippen molar-refractivity contribution in [1.82, 2.24) is 9.88 Å². The summed E-state index contributed by atoms with van der Waals surface area (Å²) in [5.74, 6) is -0.179. The summed E-state index contributed by atoms with van der Waals surface area (Å²) in [6.45, 7) is 6.15. The Morgan fingerprint density at radius 2 is 1.71 bits per heavy atom. The molecule has 0 amide bonds. The fraction of sp³-hybridized carbons (Fsp3) is 0.316. The zero-order chi connectivity index (χ0) is 16.5. The molecule has 0 saturated carbocycles. The number of fused-ring (bicyclic) bond motifs is 1. The van der Waals surface area contributed by atoms with Gasteiger partial charge in [-0.05, 0) is 43.3 Å². The molecule has 1 aromatic heterocycles. The fourth-order valence-electron chi connectivity index (χ4n) is 3.24. The first-order valence-electron chi connectivity index (χ1n) is 8.31. The number of thiazole rings is 1. The monoisotopic (exact) mass is 341 g/mol. The predicted octanol–water partition coefficient (Wildman–Crippen LogP) is 4.32. The molecule has 3 nitrogen and oxygen atoms in total. The molecule has 24 heavy (non-hydrogen) atoms. The van der Waals surface area contributed by atoms with Crippen LogP contribution < -0.4 is 4.90 Å². The highest BCUT2D eigenvalue weighted by molar-refractivity contribution is 7.18. The molecule has 0 bridgehead atoms. The van der Waals surface area contributed by atoms with Crippen molar-refractivity contribution in [1.29, 1.82) is 0 Å². The van der Waals surface area contributed by atoms with Gasteiger partial charge in [0.1, 0.15) is 10.8 Å². The molecule has 2 aromatic carbocycles. The molecule has 5 heteroatoms. The molecule has 4 rings (SSSR count). The Labute approximate surface area is 145 Å². The van der Waals surface area contributed by atoms with Gasteiger partial charge in [0.2, 0.25) is 0 Å². The van der Waals surface area contributed by atoms with Gasteiger partial charge < -0.3 is 4.90 Å². The highest BCUT2D eigenvalue weighted by Gasteiger charge is 2.24. The fourth-order valence-corrected chi connectivity index (χ4v) is 4.30. The minimum absolute atomic E-state index is 0.179. The van der Waals surface area contributed by atoms with Gasteiger partial charge >= 0.3 is 0 Å². The largest absolute Gasteiger partial charge is 0.369 e. The maximum atomic E-state index is 13.1. The van der Waals surface area contributed by atoms with Gasteiger partial charge in [0.25, 0.3) is 0 Å².